The van der Waals surface area contributed by atoms with Crippen LogP contribution in [0.4, 0.5) is 0 Å². The largest absolute Gasteiger partial charge is 0.454 e. The summed E-state index contributed by atoms with van der Waals surface area (Å²) in [6.07, 6.45) is 1.76. The van der Waals surface area contributed by atoms with Crippen LogP contribution >= 0.6 is 23.2 Å². The highest BCUT2D eigenvalue weighted by Gasteiger charge is 2.16. The summed E-state index contributed by atoms with van der Waals surface area (Å²) >= 11 is 12.7. The molecule has 0 aliphatic heterocycles. The first-order chi connectivity index (χ1) is 14.8. The van der Waals surface area contributed by atoms with Crippen LogP contribution in [0.25, 0.3) is 16.7 Å². The lowest BCUT2D eigenvalue weighted by atomic mass is 10.2. The van der Waals surface area contributed by atoms with Crippen molar-refractivity contribution in [2.24, 2.45) is 0 Å². The summed E-state index contributed by atoms with van der Waals surface area (Å²) in [6.45, 7) is 4.09. The van der Waals surface area contributed by atoms with E-state index in [0.29, 0.717) is 5.75 Å². The van der Waals surface area contributed by atoms with E-state index < -0.39 is 16.9 Å². The lowest BCUT2D eigenvalue weighted by molar-refractivity contribution is 0.483. The van der Waals surface area contributed by atoms with Gasteiger partial charge in [-0.1, -0.05) is 23.2 Å². The van der Waals surface area contributed by atoms with Crippen LogP contribution in [0, 0.1) is 11.3 Å². The van der Waals surface area contributed by atoms with E-state index in [9.17, 15) is 9.59 Å². The van der Waals surface area contributed by atoms with Gasteiger partial charge in [0, 0.05) is 12.1 Å². The predicted octanol–water partition coefficient (Wildman–Crippen LogP) is 3.82. The number of fused-ring (bicyclic) bond motifs is 1. The minimum Gasteiger partial charge on any atom is -0.454 e. The number of halogens is 2. The molecule has 2 heterocycles. The molecule has 11 heteroatoms. The van der Waals surface area contributed by atoms with Crippen LogP contribution in [0.3, 0.4) is 0 Å². The van der Waals surface area contributed by atoms with Crippen LogP contribution in [0.15, 0.2) is 46.2 Å². The van der Waals surface area contributed by atoms with Gasteiger partial charge < -0.3 is 9.30 Å². The number of benzene rings is 2. The van der Waals surface area contributed by atoms with Gasteiger partial charge in [-0.2, -0.15) is 9.94 Å². The van der Waals surface area contributed by atoms with Crippen molar-refractivity contribution in [2.45, 2.75) is 19.9 Å². The average molecular weight is 457 g/mol. The van der Waals surface area contributed by atoms with Crippen molar-refractivity contribution in [3.63, 3.8) is 0 Å². The zero-order valence-electron chi connectivity index (χ0n) is 16.3. The third-order valence-electron chi connectivity index (χ3n) is 4.48. The van der Waals surface area contributed by atoms with Gasteiger partial charge >= 0.3 is 5.69 Å². The average Bonchev–Trinajstić information content (AvgIpc) is 3.14. The van der Waals surface area contributed by atoms with Crippen molar-refractivity contribution in [3.05, 3.63) is 73.2 Å². The molecule has 1 N–H and O–H groups in total. The molecule has 4 aromatic rings. The SMILES string of the molecule is CC(C)n1cnc2ccc(Oc3c(Cl)cc(-n4nc(C#N)c(=O)[nH]c4=O)cc3Cl)cc21. The molecule has 0 aliphatic carbocycles. The molecule has 0 bridgehead atoms. The van der Waals surface area contributed by atoms with Gasteiger partial charge in [0.25, 0.3) is 5.56 Å². The van der Waals surface area contributed by atoms with E-state index in [1.54, 1.807) is 18.5 Å². The Bertz CT molecular complexity index is 1460. The number of nitriles is 1. The Morgan fingerprint density at radius 1 is 1.16 bits per heavy atom. The molecule has 0 radical (unpaired) electrons. The van der Waals surface area contributed by atoms with Crippen molar-refractivity contribution < 1.29 is 4.74 Å². The van der Waals surface area contributed by atoms with Gasteiger partial charge in [-0.3, -0.25) is 9.78 Å². The molecule has 4 rings (SSSR count). The smallest absolute Gasteiger partial charge is 0.349 e. The molecule has 0 aliphatic rings. The number of hydrogen-bond donors (Lipinski definition) is 1. The van der Waals surface area contributed by atoms with Gasteiger partial charge in [0.2, 0.25) is 5.69 Å². The number of ether oxygens (including phenoxy) is 1. The molecule has 156 valence electrons. The summed E-state index contributed by atoms with van der Waals surface area (Å²) in [5, 5.41) is 12.9. The maximum atomic E-state index is 12.1. The van der Waals surface area contributed by atoms with E-state index >= 15 is 0 Å². The predicted molar refractivity (Wildman–Crippen MR) is 115 cm³/mol. The molecule has 0 amide bonds. The monoisotopic (exact) mass is 456 g/mol. The summed E-state index contributed by atoms with van der Waals surface area (Å²) < 4.78 is 8.75. The second-order valence-corrected chi connectivity index (χ2v) is 7.68. The highest BCUT2D eigenvalue weighted by molar-refractivity contribution is 6.37. The number of rotatable bonds is 4. The molecule has 0 spiro atoms. The Morgan fingerprint density at radius 2 is 1.87 bits per heavy atom. The van der Waals surface area contributed by atoms with Crippen molar-refractivity contribution in [1.29, 1.82) is 5.26 Å². The molecule has 0 saturated carbocycles. The summed E-state index contributed by atoms with van der Waals surface area (Å²) in [7, 11) is 0. The summed E-state index contributed by atoms with van der Waals surface area (Å²) in [6, 6.07) is 10.0. The van der Waals surface area contributed by atoms with Crippen molar-refractivity contribution in [2.75, 3.05) is 0 Å². The number of H-pyrrole nitrogens is 1. The number of nitrogens with zero attached hydrogens (tertiary/aromatic N) is 5. The fraction of sp³-hybridized carbons (Fsp3) is 0.150. The van der Waals surface area contributed by atoms with Gasteiger partial charge in [0.1, 0.15) is 11.8 Å². The molecular weight excluding hydrogens is 443 g/mol. The fourth-order valence-corrected chi connectivity index (χ4v) is 3.57. The summed E-state index contributed by atoms with van der Waals surface area (Å²) in [4.78, 5) is 30.0. The maximum Gasteiger partial charge on any atom is 0.349 e. The lowest BCUT2D eigenvalue weighted by Gasteiger charge is -2.13. The Kier molecular flexibility index (Phi) is 5.27. The third kappa shape index (κ3) is 3.79. The molecule has 0 fully saturated rings. The number of nitrogens with one attached hydrogen (secondary N) is 1. The molecule has 0 unspecified atom stereocenters. The van der Waals surface area contributed by atoms with E-state index in [4.69, 9.17) is 33.2 Å². The molecule has 0 saturated heterocycles. The molecule has 9 nitrogen and oxygen atoms in total. The Balaban J connectivity index is 1.75. The standard InChI is InChI=1S/C20H14Cl2N6O3/c1-10(2)27-9-24-15-4-3-12(7-17(15)27)31-18-13(21)5-11(6-14(18)22)28-20(30)25-19(29)16(8-23)26-28/h3-7,9-10H,1-2H3,(H,25,29,30). The van der Waals surface area contributed by atoms with Crippen LogP contribution in [0.5, 0.6) is 11.5 Å². The topological polar surface area (TPSA) is 119 Å². The number of aromatic amines is 1. The minimum atomic E-state index is -0.878. The van der Waals surface area contributed by atoms with Crippen LogP contribution < -0.4 is 16.0 Å². The van der Waals surface area contributed by atoms with E-state index in [1.165, 1.54) is 12.1 Å². The molecule has 2 aromatic heterocycles. The quantitative estimate of drug-likeness (QED) is 0.498. The highest BCUT2D eigenvalue weighted by atomic mass is 35.5. The fourth-order valence-electron chi connectivity index (χ4n) is 3.01. The van der Waals surface area contributed by atoms with Gasteiger partial charge in [-0.25, -0.2) is 9.78 Å². The maximum absolute atomic E-state index is 12.1. The van der Waals surface area contributed by atoms with Gasteiger partial charge in [0.05, 0.1) is 33.1 Å². The second kappa shape index (κ2) is 7.91. The van der Waals surface area contributed by atoms with Crippen LogP contribution in [-0.2, 0) is 0 Å². The van der Waals surface area contributed by atoms with Crippen molar-refractivity contribution in [3.8, 4) is 23.3 Å². The molecule has 0 atom stereocenters. The Morgan fingerprint density at radius 3 is 2.52 bits per heavy atom. The van der Waals surface area contributed by atoms with Gasteiger partial charge in [-0.15, -0.1) is 5.10 Å². The van der Waals surface area contributed by atoms with E-state index in [0.717, 1.165) is 15.7 Å². The van der Waals surface area contributed by atoms with Crippen molar-refractivity contribution >= 4 is 34.2 Å². The number of hydrogen-bond acceptors (Lipinski definition) is 6. The number of imidazole rings is 1. The second-order valence-electron chi connectivity index (χ2n) is 6.87. The normalized spacial score (nSPS) is 11.1. The number of aromatic nitrogens is 5. The van der Waals surface area contributed by atoms with E-state index in [1.807, 2.05) is 35.5 Å². The van der Waals surface area contributed by atoms with Gasteiger partial charge in [0.15, 0.2) is 5.75 Å². The third-order valence-corrected chi connectivity index (χ3v) is 5.05. The molecule has 2 aromatic carbocycles. The highest BCUT2D eigenvalue weighted by Crippen LogP contribution is 2.38. The zero-order chi connectivity index (χ0) is 22.3. The van der Waals surface area contributed by atoms with E-state index in [-0.39, 0.29) is 27.5 Å². The van der Waals surface area contributed by atoms with Gasteiger partial charge in [-0.05, 0) is 38.1 Å². The minimum absolute atomic E-state index is 0.110. The first-order valence-electron chi connectivity index (χ1n) is 9.06. The first kappa shape index (κ1) is 20.7. The Labute approximate surface area is 185 Å². The lowest BCUT2D eigenvalue weighted by Crippen LogP contribution is -2.33. The summed E-state index contributed by atoms with van der Waals surface area (Å²) in [5.41, 5.74) is -0.306. The van der Waals surface area contributed by atoms with Crippen molar-refractivity contribution in [1.82, 2.24) is 24.3 Å². The molecular formula is C20H14Cl2N6O3. The van der Waals surface area contributed by atoms with Crippen LogP contribution in [0.2, 0.25) is 10.0 Å². The Hall–Kier alpha value is -3.61. The van der Waals surface area contributed by atoms with Crippen LogP contribution in [-0.4, -0.2) is 24.3 Å². The van der Waals surface area contributed by atoms with Crippen LogP contribution in [0.1, 0.15) is 25.6 Å². The van der Waals surface area contributed by atoms with E-state index in [2.05, 4.69) is 10.1 Å². The summed E-state index contributed by atoms with van der Waals surface area (Å²) in [5.74, 6) is 0.678. The first-order valence-corrected chi connectivity index (χ1v) is 9.81. The molecule has 31 heavy (non-hydrogen) atoms. The zero-order valence-corrected chi connectivity index (χ0v) is 17.8.